The summed E-state index contributed by atoms with van der Waals surface area (Å²) in [5, 5.41) is 9.09. The highest BCUT2D eigenvalue weighted by Gasteiger charge is 2.45. The first-order valence-electron chi connectivity index (χ1n) is 20.1. The zero-order valence-electron chi connectivity index (χ0n) is 32.1. The van der Waals surface area contributed by atoms with E-state index < -0.39 is 0 Å². The standard InChI is InChI=1S/C52H33BN2O3/c1-52(2,3)28-16-18-29(19-17-28)55-42-23-38-31-11-5-8-14-45(31)56-47(38)25-35(42)33-20-21-34-36-26-48-37(30-10-4-7-13-44(30)57-48)22-41(36)54-43-24-39-32-12-6-9-15-46(32)58-49(39)27-40(43)53(55)50(33)51(34)54/h4-27H,1-3H3. The maximum atomic E-state index is 6.69. The smallest absolute Gasteiger partial charge is 0.333 e. The van der Waals surface area contributed by atoms with Gasteiger partial charge >= 0.3 is 6.85 Å². The van der Waals surface area contributed by atoms with Gasteiger partial charge in [0.05, 0.1) is 11.0 Å². The number of rotatable bonds is 1. The van der Waals surface area contributed by atoms with Gasteiger partial charge in [-0.3, -0.25) is 0 Å². The molecule has 2 aliphatic rings. The third kappa shape index (κ3) is 3.83. The van der Waals surface area contributed by atoms with Crippen molar-refractivity contribution in [1.29, 1.82) is 0 Å². The molecule has 0 spiro atoms. The van der Waals surface area contributed by atoms with Crippen LogP contribution in [0.1, 0.15) is 26.3 Å². The number of aromatic nitrogens is 1. The fourth-order valence-corrected chi connectivity index (χ4v) is 10.4. The molecule has 0 fully saturated rings. The molecule has 12 aromatic rings. The molecule has 0 radical (unpaired) electrons. The number of hydrogen-bond donors (Lipinski definition) is 0. The van der Waals surface area contributed by atoms with Crippen LogP contribution in [0, 0.1) is 0 Å². The van der Waals surface area contributed by atoms with Crippen molar-refractivity contribution in [3.8, 4) is 16.8 Å². The van der Waals surface area contributed by atoms with Gasteiger partial charge in [-0.1, -0.05) is 99.6 Å². The van der Waals surface area contributed by atoms with Crippen molar-refractivity contribution in [2.45, 2.75) is 26.2 Å². The Morgan fingerprint density at radius 1 is 0.448 bits per heavy atom. The molecular weight excluding hydrogens is 711 g/mol. The summed E-state index contributed by atoms with van der Waals surface area (Å²) in [4.78, 5) is 2.58. The van der Waals surface area contributed by atoms with Gasteiger partial charge in [0.15, 0.2) is 0 Å². The average molecular weight is 745 g/mol. The van der Waals surface area contributed by atoms with Crippen LogP contribution in [0.4, 0.5) is 11.4 Å². The van der Waals surface area contributed by atoms with Crippen LogP contribution in [0.2, 0.25) is 0 Å². The summed E-state index contributed by atoms with van der Waals surface area (Å²) >= 11 is 0. The van der Waals surface area contributed by atoms with Crippen molar-refractivity contribution in [1.82, 2.24) is 4.57 Å². The Bertz CT molecular complexity index is 3800. The van der Waals surface area contributed by atoms with E-state index in [1.165, 1.54) is 38.3 Å². The minimum absolute atomic E-state index is 0.0226. The summed E-state index contributed by atoms with van der Waals surface area (Å²) in [5.41, 5.74) is 17.4. The number of benzene rings is 8. The normalized spacial score (nSPS) is 13.7. The zero-order valence-corrected chi connectivity index (χ0v) is 32.1. The molecule has 14 rings (SSSR count). The van der Waals surface area contributed by atoms with E-state index in [0.717, 1.165) is 94.0 Å². The van der Waals surface area contributed by atoms with Crippen LogP contribution in [0.5, 0.6) is 0 Å². The molecule has 58 heavy (non-hydrogen) atoms. The molecule has 0 aliphatic carbocycles. The molecule has 6 heteroatoms. The lowest BCUT2D eigenvalue weighted by Crippen LogP contribution is -2.60. The van der Waals surface area contributed by atoms with Crippen LogP contribution < -0.4 is 15.7 Å². The molecule has 6 heterocycles. The third-order valence-corrected chi connectivity index (χ3v) is 13.1. The maximum absolute atomic E-state index is 6.69. The molecule has 8 aromatic carbocycles. The van der Waals surface area contributed by atoms with Crippen molar-refractivity contribution in [2.75, 3.05) is 4.81 Å². The number of fused-ring (bicyclic) bond motifs is 17. The van der Waals surface area contributed by atoms with Crippen LogP contribution in [0.25, 0.3) is 104 Å². The molecule has 0 saturated carbocycles. The van der Waals surface area contributed by atoms with Crippen molar-refractivity contribution < 1.29 is 13.3 Å². The first-order chi connectivity index (χ1) is 28.4. The summed E-state index contributed by atoms with van der Waals surface area (Å²) in [5.74, 6) is 0. The highest BCUT2D eigenvalue weighted by molar-refractivity contribution is 6.94. The summed E-state index contributed by atoms with van der Waals surface area (Å²) < 4.78 is 22.3. The average Bonchev–Trinajstić information content (AvgIpc) is 3.99. The lowest BCUT2D eigenvalue weighted by molar-refractivity contribution is 0.590. The van der Waals surface area contributed by atoms with Crippen LogP contribution in [-0.4, -0.2) is 11.4 Å². The lowest BCUT2D eigenvalue weighted by Gasteiger charge is -2.42. The van der Waals surface area contributed by atoms with E-state index in [2.05, 4.69) is 164 Å². The van der Waals surface area contributed by atoms with Crippen molar-refractivity contribution in [2.24, 2.45) is 0 Å². The lowest BCUT2D eigenvalue weighted by atomic mass is 9.44. The third-order valence-electron chi connectivity index (χ3n) is 13.1. The van der Waals surface area contributed by atoms with E-state index >= 15 is 0 Å². The number of nitrogens with zero attached hydrogens (tertiary/aromatic N) is 2. The molecule has 0 atom stereocenters. The Labute approximate surface area is 332 Å². The predicted molar refractivity (Wildman–Crippen MR) is 240 cm³/mol. The maximum Gasteiger partial charge on any atom is 0.333 e. The van der Waals surface area contributed by atoms with Crippen LogP contribution in [-0.2, 0) is 5.41 Å². The summed E-state index contributed by atoms with van der Waals surface area (Å²) in [6.45, 7) is 6.68. The molecule has 0 saturated heterocycles. The zero-order chi connectivity index (χ0) is 38.2. The Morgan fingerprint density at radius 3 is 1.66 bits per heavy atom. The van der Waals surface area contributed by atoms with Crippen LogP contribution in [0.3, 0.4) is 0 Å². The molecule has 2 aliphatic heterocycles. The van der Waals surface area contributed by atoms with Gasteiger partial charge in [-0.25, -0.2) is 0 Å². The van der Waals surface area contributed by atoms with Crippen molar-refractivity contribution in [3.63, 3.8) is 0 Å². The fraction of sp³-hybridized carbons (Fsp3) is 0.0769. The van der Waals surface area contributed by atoms with Gasteiger partial charge in [-0.15, -0.1) is 0 Å². The second-order valence-corrected chi connectivity index (χ2v) is 17.3. The number of hydrogen-bond acceptors (Lipinski definition) is 4. The second-order valence-electron chi connectivity index (χ2n) is 17.3. The van der Waals surface area contributed by atoms with E-state index in [0.29, 0.717) is 0 Å². The van der Waals surface area contributed by atoms with Gasteiger partial charge in [0, 0.05) is 65.7 Å². The molecule has 0 amide bonds. The summed E-state index contributed by atoms with van der Waals surface area (Å²) in [7, 11) is 0. The van der Waals surface area contributed by atoms with Gasteiger partial charge in [-0.05, 0) is 94.2 Å². The van der Waals surface area contributed by atoms with Crippen molar-refractivity contribution in [3.05, 3.63) is 151 Å². The predicted octanol–water partition coefficient (Wildman–Crippen LogP) is 13.0. The second kappa shape index (κ2) is 10.4. The Balaban J connectivity index is 1.17. The quantitative estimate of drug-likeness (QED) is 0.157. The van der Waals surface area contributed by atoms with E-state index in [4.69, 9.17) is 13.3 Å². The van der Waals surface area contributed by atoms with E-state index in [-0.39, 0.29) is 12.3 Å². The van der Waals surface area contributed by atoms with Gasteiger partial charge in [0.2, 0.25) is 0 Å². The number of para-hydroxylation sites is 3. The minimum Gasteiger partial charge on any atom is -0.456 e. The number of furan rings is 3. The molecule has 0 unspecified atom stereocenters. The molecule has 0 bridgehead atoms. The van der Waals surface area contributed by atoms with E-state index in [1.807, 2.05) is 12.1 Å². The van der Waals surface area contributed by atoms with E-state index in [9.17, 15) is 0 Å². The van der Waals surface area contributed by atoms with Crippen molar-refractivity contribution >= 4 is 117 Å². The topological polar surface area (TPSA) is 47.6 Å². The summed E-state index contributed by atoms with van der Waals surface area (Å²) in [6, 6.07) is 53.0. The first-order valence-corrected chi connectivity index (χ1v) is 20.1. The molecule has 4 aromatic heterocycles. The Kier molecular flexibility index (Phi) is 5.56. The first kappa shape index (κ1) is 31.0. The minimum atomic E-state index is -0.157. The van der Waals surface area contributed by atoms with Gasteiger partial charge in [0.1, 0.15) is 33.5 Å². The van der Waals surface area contributed by atoms with E-state index in [1.54, 1.807) is 0 Å². The largest absolute Gasteiger partial charge is 0.456 e. The van der Waals surface area contributed by atoms with Gasteiger partial charge < -0.3 is 22.6 Å². The molecule has 272 valence electrons. The Morgan fingerprint density at radius 2 is 1.02 bits per heavy atom. The van der Waals surface area contributed by atoms with Gasteiger partial charge in [0.25, 0.3) is 0 Å². The molecular formula is C52H33BN2O3. The molecule has 5 nitrogen and oxygen atoms in total. The SMILES string of the molecule is CC(C)(C)c1ccc(N2B3c4cc5oc6ccccc6c5cc4-n4c5cc6c(cc5c5ccc(c3c54)-c3cc4oc5ccccc5c4cc32)oc2ccccc26)cc1. The Hall–Kier alpha value is -7.18. The highest BCUT2D eigenvalue weighted by atomic mass is 16.3. The van der Waals surface area contributed by atoms with Crippen LogP contribution >= 0.6 is 0 Å². The highest BCUT2D eigenvalue weighted by Crippen LogP contribution is 2.49. The monoisotopic (exact) mass is 744 g/mol. The number of anilines is 2. The molecule has 0 N–H and O–H groups in total. The summed E-state index contributed by atoms with van der Waals surface area (Å²) in [6.07, 6.45) is 0. The van der Waals surface area contributed by atoms with Gasteiger partial charge in [-0.2, -0.15) is 0 Å². The fourth-order valence-electron chi connectivity index (χ4n) is 10.4. The van der Waals surface area contributed by atoms with Crippen LogP contribution in [0.15, 0.2) is 159 Å².